The van der Waals surface area contributed by atoms with Gasteiger partial charge in [0.2, 0.25) is 0 Å². The van der Waals surface area contributed by atoms with E-state index in [1.165, 1.54) is 19.3 Å². The normalized spacial score (nSPS) is 13.5. The second kappa shape index (κ2) is 7.03. The number of rotatable bonds is 6. The molecule has 10 heavy (non-hydrogen) atoms. The number of hydrogen-bond acceptors (Lipinski definition) is 2. The van der Waals surface area contributed by atoms with Gasteiger partial charge in [-0.2, -0.15) is 0 Å². The second-order valence-corrected chi connectivity index (χ2v) is 2.77. The van der Waals surface area contributed by atoms with E-state index in [0.717, 1.165) is 12.8 Å². The summed E-state index contributed by atoms with van der Waals surface area (Å²) in [6, 6.07) is 0. The lowest BCUT2D eigenvalue weighted by Gasteiger charge is -2.05. The van der Waals surface area contributed by atoms with Crippen LogP contribution in [0, 0.1) is 0 Å². The van der Waals surface area contributed by atoms with Gasteiger partial charge in [-0.15, -0.1) is 0 Å². The molecule has 0 amide bonds. The highest BCUT2D eigenvalue weighted by atomic mass is 17.1. The molecule has 0 aromatic rings. The first-order valence-electron chi connectivity index (χ1n) is 4.11. The van der Waals surface area contributed by atoms with Crippen molar-refractivity contribution >= 4 is 0 Å². The summed E-state index contributed by atoms with van der Waals surface area (Å²) in [5.74, 6) is 0. The lowest BCUT2D eigenvalue weighted by molar-refractivity contribution is -0.275. The Labute approximate surface area is 63.1 Å². The van der Waals surface area contributed by atoms with Gasteiger partial charge in [0.1, 0.15) is 0 Å². The molecule has 0 rings (SSSR count). The van der Waals surface area contributed by atoms with Crippen molar-refractivity contribution in [3.63, 3.8) is 0 Å². The molecule has 0 unspecified atom stereocenters. The lowest BCUT2D eigenvalue weighted by Crippen LogP contribution is -2.03. The molecule has 0 heterocycles. The number of hydrogen-bond donors (Lipinski definition) is 1. The van der Waals surface area contributed by atoms with E-state index in [2.05, 4.69) is 11.8 Å². The van der Waals surface area contributed by atoms with Crippen LogP contribution in [0.5, 0.6) is 0 Å². The van der Waals surface area contributed by atoms with Crippen LogP contribution in [0.4, 0.5) is 0 Å². The van der Waals surface area contributed by atoms with Crippen molar-refractivity contribution in [3.8, 4) is 0 Å². The molecular weight excluding hydrogens is 128 g/mol. The summed E-state index contributed by atoms with van der Waals surface area (Å²) in [7, 11) is 0. The molecular formula is C8H18O2. The molecule has 0 aliphatic rings. The van der Waals surface area contributed by atoms with Gasteiger partial charge in [-0.05, 0) is 13.3 Å². The molecule has 0 fully saturated rings. The summed E-state index contributed by atoms with van der Waals surface area (Å²) < 4.78 is 0. The maximum absolute atomic E-state index is 8.19. The van der Waals surface area contributed by atoms with Crippen molar-refractivity contribution in [2.75, 3.05) is 0 Å². The molecule has 0 aromatic carbocycles. The van der Waals surface area contributed by atoms with Gasteiger partial charge in [0, 0.05) is 0 Å². The maximum Gasteiger partial charge on any atom is 0.0899 e. The molecule has 0 aliphatic carbocycles. The molecule has 0 aliphatic heterocycles. The summed E-state index contributed by atoms with van der Waals surface area (Å²) in [4.78, 5) is 4.13. The van der Waals surface area contributed by atoms with Crippen molar-refractivity contribution in [2.24, 2.45) is 0 Å². The zero-order valence-corrected chi connectivity index (χ0v) is 6.97. The topological polar surface area (TPSA) is 29.5 Å². The Balaban J connectivity index is 2.89. The molecule has 1 atom stereocenters. The molecule has 0 saturated carbocycles. The van der Waals surface area contributed by atoms with Crippen molar-refractivity contribution in [1.29, 1.82) is 0 Å². The molecule has 2 heteroatoms. The Kier molecular flexibility index (Phi) is 6.98. The minimum absolute atomic E-state index is 0.0110. The summed E-state index contributed by atoms with van der Waals surface area (Å²) in [5, 5.41) is 8.19. The van der Waals surface area contributed by atoms with E-state index in [1.54, 1.807) is 0 Å². The molecule has 0 radical (unpaired) electrons. The van der Waals surface area contributed by atoms with E-state index >= 15 is 0 Å². The molecule has 0 bridgehead atoms. The third-order valence-electron chi connectivity index (χ3n) is 1.64. The summed E-state index contributed by atoms with van der Waals surface area (Å²) in [6.45, 7) is 4.07. The Morgan fingerprint density at radius 2 is 2.00 bits per heavy atom. The molecule has 62 valence electrons. The van der Waals surface area contributed by atoms with Gasteiger partial charge in [-0.3, -0.25) is 5.26 Å². The van der Waals surface area contributed by atoms with Gasteiger partial charge in [0.15, 0.2) is 0 Å². The van der Waals surface area contributed by atoms with Crippen LogP contribution >= 0.6 is 0 Å². The Bertz CT molecular complexity index is 64.3. The van der Waals surface area contributed by atoms with Crippen molar-refractivity contribution in [1.82, 2.24) is 0 Å². The average Bonchev–Trinajstić information content (AvgIpc) is 1.98. The fourth-order valence-electron chi connectivity index (χ4n) is 0.911. The molecule has 1 N–H and O–H groups in total. The van der Waals surface area contributed by atoms with Gasteiger partial charge >= 0.3 is 0 Å². The average molecular weight is 146 g/mol. The van der Waals surface area contributed by atoms with Crippen LogP contribution in [-0.2, 0) is 4.89 Å². The minimum atomic E-state index is 0.0110. The van der Waals surface area contributed by atoms with Crippen molar-refractivity contribution in [3.05, 3.63) is 0 Å². The van der Waals surface area contributed by atoms with Gasteiger partial charge in [-0.25, -0.2) is 4.89 Å². The predicted octanol–water partition coefficient (Wildman–Crippen LogP) is 2.83. The van der Waals surface area contributed by atoms with E-state index in [1.807, 2.05) is 6.92 Å². The molecule has 2 nitrogen and oxygen atoms in total. The van der Waals surface area contributed by atoms with Crippen LogP contribution in [0.2, 0.25) is 0 Å². The highest BCUT2D eigenvalue weighted by Gasteiger charge is 1.98. The smallest absolute Gasteiger partial charge is 0.0899 e. The van der Waals surface area contributed by atoms with Gasteiger partial charge in [0.05, 0.1) is 6.10 Å². The summed E-state index contributed by atoms with van der Waals surface area (Å²) in [6.07, 6.45) is 5.94. The van der Waals surface area contributed by atoms with Gasteiger partial charge in [0.25, 0.3) is 0 Å². The Hall–Kier alpha value is -0.0800. The molecule has 0 spiro atoms. The zero-order valence-electron chi connectivity index (χ0n) is 6.97. The van der Waals surface area contributed by atoms with E-state index in [-0.39, 0.29) is 6.10 Å². The Morgan fingerprint density at radius 3 is 2.50 bits per heavy atom. The summed E-state index contributed by atoms with van der Waals surface area (Å²) >= 11 is 0. The largest absolute Gasteiger partial charge is 0.252 e. The summed E-state index contributed by atoms with van der Waals surface area (Å²) in [5.41, 5.74) is 0. The predicted molar refractivity (Wildman–Crippen MR) is 41.9 cm³/mol. The highest BCUT2D eigenvalue weighted by Crippen LogP contribution is 2.06. The van der Waals surface area contributed by atoms with Crippen molar-refractivity contribution < 1.29 is 10.1 Å². The van der Waals surface area contributed by atoms with Crippen LogP contribution in [-0.4, -0.2) is 11.4 Å². The SMILES string of the molecule is CCCCCC[C@@H](C)OO. The monoisotopic (exact) mass is 146 g/mol. The second-order valence-electron chi connectivity index (χ2n) is 2.77. The number of unbranched alkanes of at least 4 members (excludes halogenated alkanes) is 3. The minimum Gasteiger partial charge on any atom is -0.252 e. The third-order valence-corrected chi connectivity index (χ3v) is 1.64. The van der Waals surface area contributed by atoms with Crippen LogP contribution < -0.4 is 0 Å². The quantitative estimate of drug-likeness (QED) is 0.354. The molecule has 0 aromatic heterocycles. The highest BCUT2D eigenvalue weighted by molar-refractivity contribution is 4.48. The van der Waals surface area contributed by atoms with Crippen LogP contribution in [0.1, 0.15) is 46.0 Å². The zero-order chi connectivity index (χ0) is 7.82. The fourth-order valence-corrected chi connectivity index (χ4v) is 0.911. The standard InChI is InChI=1S/C8H18O2/c1-3-4-5-6-7-8(2)10-9/h8-9H,3-7H2,1-2H3/t8-/m1/s1. The third kappa shape index (κ3) is 6.05. The van der Waals surface area contributed by atoms with E-state index < -0.39 is 0 Å². The van der Waals surface area contributed by atoms with Crippen LogP contribution in [0.15, 0.2) is 0 Å². The van der Waals surface area contributed by atoms with Crippen LogP contribution in [0.25, 0.3) is 0 Å². The van der Waals surface area contributed by atoms with E-state index in [4.69, 9.17) is 5.26 Å². The Morgan fingerprint density at radius 1 is 1.30 bits per heavy atom. The fraction of sp³-hybridized carbons (Fsp3) is 1.00. The van der Waals surface area contributed by atoms with Crippen LogP contribution in [0.3, 0.4) is 0 Å². The molecule has 0 saturated heterocycles. The van der Waals surface area contributed by atoms with Gasteiger partial charge in [-0.1, -0.05) is 32.6 Å². The first kappa shape index (κ1) is 9.92. The van der Waals surface area contributed by atoms with Crippen molar-refractivity contribution in [2.45, 2.75) is 52.1 Å². The first-order chi connectivity index (χ1) is 4.81. The maximum atomic E-state index is 8.19. The van der Waals surface area contributed by atoms with Gasteiger partial charge < -0.3 is 0 Å². The first-order valence-corrected chi connectivity index (χ1v) is 4.11. The van der Waals surface area contributed by atoms with E-state index in [0.29, 0.717) is 0 Å². The lowest BCUT2D eigenvalue weighted by atomic mass is 10.1. The van der Waals surface area contributed by atoms with E-state index in [9.17, 15) is 0 Å².